The summed E-state index contributed by atoms with van der Waals surface area (Å²) in [7, 11) is 0. The Morgan fingerprint density at radius 1 is 1.31 bits per heavy atom. The fourth-order valence-electron chi connectivity index (χ4n) is 0.936. The lowest BCUT2D eigenvalue weighted by atomic mass is 10.1. The largest absolute Gasteiger partial charge is 0.121 e. The molecule has 3 heteroatoms. The lowest BCUT2D eigenvalue weighted by Crippen LogP contribution is -1.86. The van der Waals surface area contributed by atoms with Crippen LogP contribution in [0.1, 0.15) is 10.9 Å². The van der Waals surface area contributed by atoms with Gasteiger partial charge in [0.25, 0.3) is 0 Å². The van der Waals surface area contributed by atoms with Crippen LogP contribution in [0.3, 0.4) is 0 Å². The van der Waals surface area contributed by atoms with Crippen molar-refractivity contribution in [2.75, 3.05) is 5.88 Å². The first-order valence-electron chi connectivity index (χ1n) is 3.85. The van der Waals surface area contributed by atoms with Crippen molar-refractivity contribution in [1.29, 1.82) is 0 Å². The summed E-state index contributed by atoms with van der Waals surface area (Å²) < 4.78 is 0. The van der Waals surface area contributed by atoms with Gasteiger partial charge in [-0.15, -0.1) is 23.2 Å². The maximum Gasteiger partial charge on any atom is 0.0780 e. The van der Waals surface area contributed by atoms with Gasteiger partial charge in [-0.3, -0.25) is 0 Å². The molecule has 70 valence electrons. The summed E-state index contributed by atoms with van der Waals surface area (Å²) in [5, 5.41) is 0.373. The zero-order valence-corrected chi connectivity index (χ0v) is 9.15. The van der Waals surface area contributed by atoms with Gasteiger partial charge in [-0.1, -0.05) is 41.9 Å². The van der Waals surface area contributed by atoms with Crippen LogP contribution in [0, 0.1) is 0 Å². The Morgan fingerprint density at radius 2 is 1.92 bits per heavy atom. The molecule has 0 radical (unpaired) electrons. The third kappa shape index (κ3) is 3.60. The van der Waals surface area contributed by atoms with Crippen molar-refractivity contribution >= 4 is 34.8 Å². The monoisotopic (exact) mass is 234 g/mol. The molecular weight excluding hydrogens is 226 g/mol. The summed E-state index contributed by atoms with van der Waals surface area (Å²) >= 11 is 17.3. The first-order valence-corrected chi connectivity index (χ1v) is 5.20. The zero-order valence-electron chi connectivity index (χ0n) is 6.88. The minimum absolute atomic E-state index is 0.201. The predicted octanol–water partition coefficient (Wildman–Crippen LogP) is 4.33. The van der Waals surface area contributed by atoms with Crippen LogP contribution >= 0.6 is 34.8 Å². The molecule has 1 aromatic carbocycles. The fraction of sp³-hybridized carbons (Fsp3) is 0.200. The quantitative estimate of drug-likeness (QED) is 0.684. The van der Waals surface area contributed by atoms with Gasteiger partial charge in [-0.05, 0) is 11.6 Å². The Kier molecular flexibility index (Phi) is 4.65. The van der Waals surface area contributed by atoms with E-state index in [1.54, 1.807) is 6.08 Å². The summed E-state index contributed by atoms with van der Waals surface area (Å²) in [5.74, 6) is 0.303. The maximum absolute atomic E-state index is 6.06. The van der Waals surface area contributed by atoms with E-state index < -0.39 is 0 Å². The van der Waals surface area contributed by atoms with E-state index in [2.05, 4.69) is 0 Å². The molecule has 0 aliphatic heterocycles. The summed E-state index contributed by atoms with van der Waals surface area (Å²) in [6.45, 7) is 0. The van der Waals surface area contributed by atoms with Gasteiger partial charge in [0, 0.05) is 5.03 Å². The third-order valence-corrected chi connectivity index (χ3v) is 2.64. The molecule has 0 amide bonds. The van der Waals surface area contributed by atoms with E-state index in [-0.39, 0.29) is 5.38 Å². The van der Waals surface area contributed by atoms with Gasteiger partial charge in [-0.2, -0.15) is 0 Å². The molecule has 0 bridgehead atoms. The van der Waals surface area contributed by atoms with Crippen molar-refractivity contribution in [2.24, 2.45) is 0 Å². The van der Waals surface area contributed by atoms with Gasteiger partial charge >= 0.3 is 0 Å². The second-order valence-corrected chi connectivity index (χ2v) is 3.78. The van der Waals surface area contributed by atoms with Crippen molar-refractivity contribution in [2.45, 2.75) is 5.38 Å². The normalized spacial score (nSPS) is 14.2. The van der Waals surface area contributed by atoms with Gasteiger partial charge in [0.05, 0.1) is 11.3 Å². The molecule has 0 saturated carbocycles. The molecule has 0 saturated heterocycles. The van der Waals surface area contributed by atoms with E-state index in [1.807, 2.05) is 30.3 Å². The molecule has 1 aromatic rings. The van der Waals surface area contributed by atoms with Gasteiger partial charge in [-0.25, -0.2) is 0 Å². The molecule has 1 rings (SSSR count). The average Bonchev–Trinajstić information content (AvgIpc) is 2.19. The molecule has 0 aliphatic rings. The lowest BCUT2D eigenvalue weighted by Gasteiger charge is -2.04. The molecule has 0 aliphatic carbocycles. The second kappa shape index (κ2) is 5.54. The number of halogens is 3. The van der Waals surface area contributed by atoms with Crippen LogP contribution in [-0.4, -0.2) is 5.88 Å². The number of alkyl halides is 2. The molecule has 1 unspecified atom stereocenters. The van der Waals surface area contributed by atoms with Gasteiger partial charge in [0.15, 0.2) is 0 Å². The van der Waals surface area contributed by atoms with Gasteiger partial charge in [0.1, 0.15) is 0 Å². The number of hydrogen-bond acceptors (Lipinski definition) is 0. The molecule has 13 heavy (non-hydrogen) atoms. The van der Waals surface area contributed by atoms with Gasteiger partial charge < -0.3 is 0 Å². The minimum Gasteiger partial charge on any atom is -0.121 e. The average molecular weight is 236 g/mol. The van der Waals surface area contributed by atoms with E-state index in [1.165, 1.54) is 0 Å². The maximum atomic E-state index is 6.06. The topological polar surface area (TPSA) is 0 Å². The van der Waals surface area contributed by atoms with Crippen LogP contribution in [0.5, 0.6) is 0 Å². The molecular formula is C10H9Cl3. The Labute approximate surface area is 93.1 Å². The molecule has 1 atom stereocenters. The van der Waals surface area contributed by atoms with Crippen LogP contribution in [0.4, 0.5) is 0 Å². The highest BCUT2D eigenvalue weighted by Crippen LogP contribution is 2.24. The predicted molar refractivity (Wildman–Crippen MR) is 59.7 cm³/mol. The number of allylic oxidation sites excluding steroid dienone is 2. The summed E-state index contributed by atoms with van der Waals surface area (Å²) in [6.07, 6.45) is 1.74. The van der Waals surface area contributed by atoms with Crippen molar-refractivity contribution in [1.82, 2.24) is 0 Å². The van der Waals surface area contributed by atoms with Gasteiger partial charge in [0.2, 0.25) is 0 Å². The van der Waals surface area contributed by atoms with Crippen molar-refractivity contribution in [3.8, 4) is 0 Å². The Hall–Kier alpha value is -0.170. The third-order valence-electron chi connectivity index (χ3n) is 1.57. The minimum atomic E-state index is -0.201. The Balaban J connectivity index is 2.75. The number of rotatable bonds is 3. The summed E-state index contributed by atoms with van der Waals surface area (Å²) in [5.41, 5.74) is 1.02. The smallest absolute Gasteiger partial charge is 0.0780 e. The Bertz CT molecular complexity index is 279. The molecule has 0 nitrogen and oxygen atoms in total. The summed E-state index contributed by atoms with van der Waals surface area (Å²) in [4.78, 5) is 0. The standard InChI is InChI=1S/C10H9Cl3/c11-7-9(12)6-10(13)8-4-2-1-3-5-8/h1-6,10H,7H2. The van der Waals surface area contributed by atoms with Crippen LogP contribution in [0.2, 0.25) is 0 Å². The highest BCUT2D eigenvalue weighted by atomic mass is 35.5. The van der Waals surface area contributed by atoms with Crippen LogP contribution in [0.15, 0.2) is 41.4 Å². The molecule has 0 spiro atoms. The molecule has 0 fully saturated rings. The van der Waals surface area contributed by atoms with Crippen LogP contribution in [0.25, 0.3) is 0 Å². The highest BCUT2D eigenvalue weighted by molar-refractivity contribution is 6.36. The van der Waals surface area contributed by atoms with Crippen LogP contribution in [-0.2, 0) is 0 Å². The zero-order chi connectivity index (χ0) is 9.68. The van der Waals surface area contributed by atoms with Crippen LogP contribution < -0.4 is 0 Å². The molecule has 0 heterocycles. The van der Waals surface area contributed by atoms with Crippen molar-refractivity contribution in [3.05, 3.63) is 47.0 Å². The molecule has 0 aromatic heterocycles. The van der Waals surface area contributed by atoms with Crippen molar-refractivity contribution < 1.29 is 0 Å². The summed E-state index contributed by atoms with van der Waals surface area (Å²) in [6, 6.07) is 9.72. The highest BCUT2D eigenvalue weighted by Gasteiger charge is 2.03. The number of benzene rings is 1. The lowest BCUT2D eigenvalue weighted by molar-refractivity contribution is 1.20. The van der Waals surface area contributed by atoms with E-state index in [0.29, 0.717) is 10.9 Å². The van der Waals surface area contributed by atoms with E-state index in [9.17, 15) is 0 Å². The number of hydrogen-bond donors (Lipinski definition) is 0. The van der Waals surface area contributed by atoms with Crippen molar-refractivity contribution in [3.63, 3.8) is 0 Å². The van der Waals surface area contributed by atoms with E-state index in [0.717, 1.165) is 5.56 Å². The first kappa shape index (κ1) is 10.9. The second-order valence-electron chi connectivity index (χ2n) is 2.56. The van der Waals surface area contributed by atoms with E-state index >= 15 is 0 Å². The first-order chi connectivity index (χ1) is 6.24. The molecule has 0 N–H and O–H groups in total. The van der Waals surface area contributed by atoms with E-state index in [4.69, 9.17) is 34.8 Å². The fourth-order valence-corrected chi connectivity index (χ4v) is 1.51. The SMILES string of the molecule is ClCC(Cl)=CC(Cl)c1ccccc1. The Morgan fingerprint density at radius 3 is 2.46 bits per heavy atom.